The van der Waals surface area contributed by atoms with Gasteiger partial charge in [0.1, 0.15) is 11.5 Å². The van der Waals surface area contributed by atoms with Crippen molar-refractivity contribution in [3.63, 3.8) is 0 Å². The number of amides is 2. The topological polar surface area (TPSA) is 99.9 Å². The van der Waals surface area contributed by atoms with Gasteiger partial charge in [-0.15, -0.1) is 8.78 Å². The van der Waals surface area contributed by atoms with Crippen LogP contribution in [-0.2, 0) is 0 Å². The van der Waals surface area contributed by atoms with Crippen LogP contribution < -0.4 is 25.3 Å². The van der Waals surface area contributed by atoms with Crippen molar-refractivity contribution in [3.05, 3.63) is 77.9 Å². The molecule has 0 spiro atoms. The smallest absolute Gasteiger partial charge is 0.457 e. The number of hydrogen-bond donors (Lipinski definition) is 2. The standard InChI is InChI=1S/C21H14F2N2O5/c22-21(23)29-17-10-5-14(11-18(17)30-21)25-20(27)13-3-8-16(9-4-13)28-15-6-1-12(2-7-15)19(24)26/h1-11H,(H2,24,26)(H,25,27). The Morgan fingerprint density at radius 1 is 0.833 bits per heavy atom. The van der Waals surface area contributed by atoms with Crippen molar-refractivity contribution in [1.82, 2.24) is 0 Å². The Balaban J connectivity index is 1.40. The van der Waals surface area contributed by atoms with Crippen molar-refractivity contribution in [2.75, 3.05) is 5.32 Å². The van der Waals surface area contributed by atoms with Crippen LogP contribution in [-0.4, -0.2) is 18.1 Å². The molecule has 0 radical (unpaired) electrons. The Labute approximate surface area is 169 Å². The number of fused-ring (bicyclic) bond motifs is 1. The minimum absolute atomic E-state index is 0.108. The van der Waals surface area contributed by atoms with E-state index in [1.807, 2.05) is 0 Å². The molecule has 7 nitrogen and oxygen atoms in total. The van der Waals surface area contributed by atoms with Gasteiger partial charge in [0.15, 0.2) is 11.5 Å². The predicted octanol–water partition coefficient (Wildman–Crippen LogP) is 4.15. The van der Waals surface area contributed by atoms with Crippen LogP contribution in [0, 0.1) is 0 Å². The normalized spacial score (nSPS) is 13.5. The average Bonchev–Trinajstić information content (AvgIpc) is 3.02. The van der Waals surface area contributed by atoms with Gasteiger partial charge in [-0.2, -0.15) is 0 Å². The molecule has 0 bridgehead atoms. The van der Waals surface area contributed by atoms with Crippen LogP contribution in [0.3, 0.4) is 0 Å². The molecular formula is C21H14F2N2O5. The highest BCUT2D eigenvalue weighted by atomic mass is 19.3. The number of primary amides is 1. The van der Waals surface area contributed by atoms with E-state index < -0.39 is 18.1 Å². The van der Waals surface area contributed by atoms with Crippen molar-refractivity contribution in [2.45, 2.75) is 6.29 Å². The molecule has 0 saturated heterocycles. The molecule has 1 heterocycles. The number of rotatable bonds is 5. The first kappa shape index (κ1) is 19.2. The SMILES string of the molecule is NC(=O)c1ccc(Oc2ccc(C(=O)Nc3ccc4c(c3)OC(F)(F)O4)cc2)cc1. The first-order valence-electron chi connectivity index (χ1n) is 8.68. The molecule has 2 amide bonds. The van der Waals surface area contributed by atoms with Crippen LogP contribution in [0.5, 0.6) is 23.0 Å². The number of halogens is 2. The average molecular weight is 412 g/mol. The number of nitrogens with two attached hydrogens (primary N) is 1. The Morgan fingerprint density at radius 3 is 2.00 bits per heavy atom. The maximum Gasteiger partial charge on any atom is 0.586 e. The van der Waals surface area contributed by atoms with E-state index in [2.05, 4.69) is 14.8 Å². The Bertz CT molecular complexity index is 1120. The number of carbonyl (C=O) groups is 2. The maximum absolute atomic E-state index is 13.1. The van der Waals surface area contributed by atoms with Crippen LogP contribution in [0.2, 0.25) is 0 Å². The highest BCUT2D eigenvalue weighted by molar-refractivity contribution is 6.04. The van der Waals surface area contributed by atoms with E-state index in [1.54, 1.807) is 48.5 Å². The largest absolute Gasteiger partial charge is 0.586 e. The van der Waals surface area contributed by atoms with Gasteiger partial charge in [0.25, 0.3) is 5.91 Å². The summed E-state index contributed by atoms with van der Waals surface area (Å²) < 4.78 is 40.5. The number of hydrogen-bond acceptors (Lipinski definition) is 5. The van der Waals surface area contributed by atoms with Gasteiger partial charge in [0.05, 0.1) is 0 Å². The van der Waals surface area contributed by atoms with E-state index in [0.29, 0.717) is 22.6 Å². The fourth-order valence-corrected chi connectivity index (χ4v) is 2.73. The summed E-state index contributed by atoms with van der Waals surface area (Å²) in [6.07, 6.45) is -3.72. The quantitative estimate of drug-likeness (QED) is 0.656. The summed E-state index contributed by atoms with van der Waals surface area (Å²) in [5.41, 5.74) is 6.15. The molecule has 3 aromatic rings. The van der Waals surface area contributed by atoms with Crippen molar-refractivity contribution < 1.29 is 32.6 Å². The van der Waals surface area contributed by atoms with Gasteiger partial charge in [-0.3, -0.25) is 9.59 Å². The summed E-state index contributed by atoms with van der Waals surface area (Å²) in [6.45, 7) is 0. The molecule has 9 heteroatoms. The van der Waals surface area contributed by atoms with E-state index in [9.17, 15) is 18.4 Å². The number of ether oxygens (including phenoxy) is 3. The number of alkyl halides is 2. The number of nitrogens with one attached hydrogen (secondary N) is 1. The van der Waals surface area contributed by atoms with Gasteiger partial charge >= 0.3 is 6.29 Å². The third-order valence-electron chi connectivity index (χ3n) is 4.15. The lowest BCUT2D eigenvalue weighted by Gasteiger charge is -2.08. The molecule has 1 aliphatic heterocycles. The molecule has 152 valence electrons. The third-order valence-corrected chi connectivity index (χ3v) is 4.15. The second-order valence-electron chi connectivity index (χ2n) is 6.30. The van der Waals surface area contributed by atoms with E-state index >= 15 is 0 Å². The lowest BCUT2D eigenvalue weighted by Crippen LogP contribution is -2.25. The van der Waals surface area contributed by atoms with E-state index in [-0.39, 0.29) is 17.2 Å². The van der Waals surface area contributed by atoms with Crippen LogP contribution in [0.4, 0.5) is 14.5 Å². The van der Waals surface area contributed by atoms with Gasteiger partial charge < -0.3 is 25.3 Å². The fraction of sp³-hybridized carbons (Fsp3) is 0.0476. The van der Waals surface area contributed by atoms with Crippen LogP contribution in [0.15, 0.2) is 66.7 Å². The highest BCUT2D eigenvalue weighted by Crippen LogP contribution is 2.42. The van der Waals surface area contributed by atoms with Gasteiger partial charge in [0.2, 0.25) is 5.91 Å². The van der Waals surface area contributed by atoms with Gasteiger partial charge in [-0.25, -0.2) is 0 Å². The first-order valence-corrected chi connectivity index (χ1v) is 8.68. The van der Waals surface area contributed by atoms with Crippen LogP contribution in [0.25, 0.3) is 0 Å². The summed E-state index contributed by atoms with van der Waals surface area (Å²) in [5.74, 6) is -0.281. The summed E-state index contributed by atoms with van der Waals surface area (Å²) >= 11 is 0. The van der Waals surface area contributed by atoms with Crippen LogP contribution in [0.1, 0.15) is 20.7 Å². The van der Waals surface area contributed by atoms with Crippen LogP contribution >= 0.6 is 0 Å². The number of anilines is 1. The Morgan fingerprint density at radius 2 is 1.40 bits per heavy atom. The van der Waals surface area contributed by atoms with Crippen molar-refractivity contribution >= 4 is 17.5 Å². The molecule has 1 aliphatic rings. The van der Waals surface area contributed by atoms with E-state index in [0.717, 1.165) is 0 Å². The van der Waals surface area contributed by atoms with Gasteiger partial charge in [0, 0.05) is 22.9 Å². The Hall–Kier alpha value is -4.14. The lowest BCUT2D eigenvalue weighted by atomic mass is 10.2. The fourth-order valence-electron chi connectivity index (χ4n) is 2.73. The van der Waals surface area contributed by atoms with Gasteiger partial charge in [-0.05, 0) is 60.7 Å². The van der Waals surface area contributed by atoms with Gasteiger partial charge in [-0.1, -0.05) is 0 Å². The Kier molecular flexibility index (Phi) is 4.71. The molecule has 0 aromatic heterocycles. The minimum atomic E-state index is -3.72. The predicted molar refractivity (Wildman–Crippen MR) is 102 cm³/mol. The zero-order valence-electron chi connectivity index (χ0n) is 15.2. The molecule has 30 heavy (non-hydrogen) atoms. The molecular weight excluding hydrogens is 398 g/mol. The second-order valence-corrected chi connectivity index (χ2v) is 6.30. The molecule has 0 unspecified atom stereocenters. The molecule has 0 aliphatic carbocycles. The zero-order valence-corrected chi connectivity index (χ0v) is 15.2. The van der Waals surface area contributed by atoms with Crippen molar-refractivity contribution in [3.8, 4) is 23.0 Å². The minimum Gasteiger partial charge on any atom is -0.457 e. The van der Waals surface area contributed by atoms with E-state index in [4.69, 9.17) is 10.5 Å². The van der Waals surface area contributed by atoms with Crippen molar-refractivity contribution in [1.29, 1.82) is 0 Å². The zero-order chi connectivity index (χ0) is 21.3. The molecule has 0 atom stereocenters. The monoisotopic (exact) mass is 412 g/mol. The molecule has 0 saturated carbocycles. The summed E-state index contributed by atoms with van der Waals surface area (Å²) in [6, 6.07) is 16.5. The lowest BCUT2D eigenvalue weighted by molar-refractivity contribution is -0.286. The van der Waals surface area contributed by atoms with Crippen molar-refractivity contribution in [2.24, 2.45) is 5.73 Å². The summed E-state index contributed by atoms with van der Waals surface area (Å²) in [7, 11) is 0. The molecule has 3 aromatic carbocycles. The number of benzene rings is 3. The maximum atomic E-state index is 13.1. The van der Waals surface area contributed by atoms with E-state index in [1.165, 1.54) is 18.2 Å². The first-order chi connectivity index (χ1) is 14.3. The molecule has 0 fully saturated rings. The second kappa shape index (κ2) is 7.36. The molecule has 3 N–H and O–H groups in total. The third kappa shape index (κ3) is 4.14. The molecule has 4 rings (SSSR count). The number of carbonyl (C=O) groups excluding carboxylic acids is 2. The highest BCUT2D eigenvalue weighted by Gasteiger charge is 2.43. The summed E-state index contributed by atoms with van der Waals surface area (Å²) in [4.78, 5) is 23.5. The summed E-state index contributed by atoms with van der Waals surface area (Å²) in [5, 5.41) is 2.60.